The van der Waals surface area contributed by atoms with Crippen molar-refractivity contribution in [2.24, 2.45) is 5.73 Å². The summed E-state index contributed by atoms with van der Waals surface area (Å²) in [6.07, 6.45) is 2.91. The lowest BCUT2D eigenvalue weighted by molar-refractivity contribution is -0.160. The van der Waals surface area contributed by atoms with Gasteiger partial charge >= 0.3 is 0 Å². The highest BCUT2D eigenvalue weighted by Gasteiger charge is 2.41. The lowest BCUT2D eigenvalue weighted by Gasteiger charge is -2.46. The maximum absolute atomic E-state index is 11.6. The highest BCUT2D eigenvalue weighted by Crippen LogP contribution is 2.33. The van der Waals surface area contributed by atoms with E-state index in [0.29, 0.717) is 26.0 Å². The second-order valence-corrected chi connectivity index (χ2v) is 4.80. The Balaban J connectivity index is 2.02. The number of hydrogen-bond acceptors (Lipinski definition) is 4. The van der Waals surface area contributed by atoms with Crippen molar-refractivity contribution in [3.8, 4) is 0 Å². The average molecular weight is 228 g/mol. The third kappa shape index (κ3) is 2.36. The molecule has 0 unspecified atom stereocenters. The fourth-order valence-corrected chi connectivity index (χ4v) is 2.73. The van der Waals surface area contributed by atoms with E-state index >= 15 is 0 Å². The quantitative estimate of drug-likeness (QED) is 0.633. The van der Waals surface area contributed by atoms with Crippen LogP contribution in [-0.2, 0) is 9.53 Å². The maximum atomic E-state index is 11.6. The van der Waals surface area contributed by atoms with E-state index in [1.165, 1.54) is 0 Å². The Morgan fingerprint density at radius 1 is 1.62 bits per heavy atom. The molecule has 0 aromatic rings. The van der Waals surface area contributed by atoms with Crippen LogP contribution in [0.25, 0.3) is 0 Å². The monoisotopic (exact) mass is 228 g/mol. The van der Waals surface area contributed by atoms with Crippen LogP contribution in [0.1, 0.15) is 25.7 Å². The Labute approximate surface area is 95.5 Å². The van der Waals surface area contributed by atoms with E-state index in [9.17, 15) is 9.90 Å². The highest BCUT2D eigenvalue weighted by molar-refractivity contribution is 5.78. The third-order valence-electron chi connectivity index (χ3n) is 3.53. The molecule has 2 fully saturated rings. The summed E-state index contributed by atoms with van der Waals surface area (Å²) in [4.78, 5) is 13.3. The van der Waals surface area contributed by atoms with E-state index in [-0.39, 0.29) is 24.2 Å². The van der Waals surface area contributed by atoms with E-state index < -0.39 is 0 Å². The molecular weight excluding hydrogens is 208 g/mol. The van der Waals surface area contributed by atoms with Gasteiger partial charge in [0.1, 0.15) is 0 Å². The van der Waals surface area contributed by atoms with Gasteiger partial charge in [-0.2, -0.15) is 0 Å². The number of hydrogen-bond donors (Lipinski definition) is 2. The number of rotatable bonds is 1. The van der Waals surface area contributed by atoms with Crippen LogP contribution in [0.15, 0.2) is 0 Å². The number of ether oxygens (including phenoxy) is 1. The molecule has 2 atom stereocenters. The van der Waals surface area contributed by atoms with E-state index in [1.807, 2.05) is 0 Å². The summed E-state index contributed by atoms with van der Waals surface area (Å²) in [5, 5.41) is 9.70. The SMILES string of the molecule is NCC(=O)N1CCC[C@@]2(C[C@H](O)CCO2)C1. The number of piperidine rings is 1. The first kappa shape index (κ1) is 11.8. The van der Waals surface area contributed by atoms with Crippen LogP contribution in [0.3, 0.4) is 0 Å². The zero-order valence-electron chi connectivity index (χ0n) is 9.52. The molecule has 0 saturated carbocycles. The molecule has 0 aromatic heterocycles. The normalized spacial score (nSPS) is 35.4. The summed E-state index contributed by atoms with van der Waals surface area (Å²) in [5.74, 6) is -0.0252. The van der Waals surface area contributed by atoms with Gasteiger partial charge in [0.15, 0.2) is 0 Å². The summed E-state index contributed by atoms with van der Waals surface area (Å²) in [6, 6.07) is 0. The first-order valence-corrected chi connectivity index (χ1v) is 5.95. The number of aliphatic hydroxyl groups is 1. The van der Waals surface area contributed by atoms with Crippen molar-refractivity contribution in [2.45, 2.75) is 37.4 Å². The zero-order valence-corrected chi connectivity index (χ0v) is 9.52. The Kier molecular flexibility index (Phi) is 3.47. The predicted octanol–water partition coefficient (Wildman–Crippen LogP) is -0.522. The topological polar surface area (TPSA) is 75.8 Å². The Hall–Kier alpha value is -0.650. The number of carbonyl (C=O) groups is 1. The largest absolute Gasteiger partial charge is 0.393 e. The van der Waals surface area contributed by atoms with Crippen molar-refractivity contribution < 1.29 is 14.6 Å². The van der Waals surface area contributed by atoms with Crippen LogP contribution in [0, 0.1) is 0 Å². The molecule has 0 radical (unpaired) electrons. The fourth-order valence-electron chi connectivity index (χ4n) is 2.73. The van der Waals surface area contributed by atoms with Crippen molar-refractivity contribution in [2.75, 3.05) is 26.2 Å². The Morgan fingerprint density at radius 2 is 2.44 bits per heavy atom. The van der Waals surface area contributed by atoms with E-state index in [0.717, 1.165) is 19.4 Å². The first-order chi connectivity index (χ1) is 7.65. The van der Waals surface area contributed by atoms with Crippen LogP contribution in [0.4, 0.5) is 0 Å². The molecule has 2 heterocycles. The zero-order chi connectivity index (χ0) is 11.6. The second-order valence-electron chi connectivity index (χ2n) is 4.80. The number of nitrogens with two attached hydrogens (primary N) is 1. The minimum absolute atomic E-state index is 0.0252. The molecule has 0 bridgehead atoms. The summed E-state index contributed by atoms with van der Waals surface area (Å²) in [6.45, 7) is 1.99. The lowest BCUT2D eigenvalue weighted by Crippen LogP contribution is -2.56. The molecule has 2 aliphatic rings. The number of likely N-dealkylation sites (tertiary alicyclic amines) is 1. The summed E-state index contributed by atoms with van der Waals surface area (Å²) in [7, 11) is 0. The van der Waals surface area contributed by atoms with E-state index in [4.69, 9.17) is 10.5 Å². The van der Waals surface area contributed by atoms with Gasteiger partial charge in [-0.1, -0.05) is 0 Å². The Morgan fingerprint density at radius 3 is 3.12 bits per heavy atom. The molecule has 5 heteroatoms. The van der Waals surface area contributed by atoms with Crippen molar-refractivity contribution in [1.82, 2.24) is 4.90 Å². The highest BCUT2D eigenvalue weighted by atomic mass is 16.5. The van der Waals surface area contributed by atoms with Gasteiger partial charge in [-0.3, -0.25) is 4.79 Å². The van der Waals surface area contributed by atoms with Gasteiger partial charge in [-0.15, -0.1) is 0 Å². The number of carbonyl (C=O) groups excluding carboxylic acids is 1. The molecule has 1 amide bonds. The van der Waals surface area contributed by atoms with Gasteiger partial charge in [-0.25, -0.2) is 0 Å². The molecule has 1 spiro atoms. The van der Waals surface area contributed by atoms with Gasteiger partial charge < -0.3 is 20.5 Å². The van der Waals surface area contributed by atoms with E-state index in [1.54, 1.807) is 4.90 Å². The van der Waals surface area contributed by atoms with Gasteiger partial charge in [0.05, 0.1) is 18.2 Å². The summed E-state index contributed by atoms with van der Waals surface area (Å²) < 4.78 is 5.81. The molecule has 92 valence electrons. The number of nitrogens with zero attached hydrogens (tertiary/aromatic N) is 1. The smallest absolute Gasteiger partial charge is 0.236 e. The predicted molar refractivity (Wildman–Crippen MR) is 58.8 cm³/mol. The van der Waals surface area contributed by atoms with Crippen LogP contribution in [-0.4, -0.2) is 53.9 Å². The van der Waals surface area contributed by atoms with E-state index in [2.05, 4.69) is 0 Å². The number of amides is 1. The van der Waals surface area contributed by atoms with Crippen LogP contribution >= 0.6 is 0 Å². The molecule has 2 saturated heterocycles. The van der Waals surface area contributed by atoms with Gasteiger partial charge in [-0.05, 0) is 19.3 Å². The lowest BCUT2D eigenvalue weighted by atomic mass is 9.84. The standard InChI is InChI=1S/C11H20N2O3/c12-7-10(15)13-4-1-3-11(8-13)6-9(14)2-5-16-11/h9,14H,1-8,12H2/t9-,11-/m1/s1. The van der Waals surface area contributed by atoms with Crippen molar-refractivity contribution >= 4 is 5.91 Å². The van der Waals surface area contributed by atoms with Gasteiger partial charge in [0.2, 0.25) is 5.91 Å². The molecule has 2 rings (SSSR count). The average Bonchev–Trinajstić information content (AvgIpc) is 2.28. The second kappa shape index (κ2) is 4.69. The summed E-state index contributed by atoms with van der Waals surface area (Å²) in [5.41, 5.74) is 5.05. The van der Waals surface area contributed by atoms with Crippen molar-refractivity contribution in [1.29, 1.82) is 0 Å². The first-order valence-electron chi connectivity index (χ1n) is 5.95. The number of aliphatic hydroxyl groups excluding tert-OH is 1. The molecule has 16 heavy (non-hydrogen) atoms. The van der Waals surface area contributed by atoms with Gasteiger partial charge in [0.25, 0.3) is 0 Å². The minimum atomic E-state index is -0.319. The molecule has 3 N–H and O–H groups in total. The third-order valence-corrected chi connectivity index (χ3v) is 3.53. The van der Waals surface area contributed by atoms with Crippen molar-refractivity contribution in [3.63, 3.8) is 0 Å². The molecule has 0 aromatic carbocycles. The molecule has 5 nitrogen and oxygen atoms in total. The minimum Gasteiger partial charge on any atom is -0.393 e. The van der Waals surface area contributed by atoms with Crippen LogP contribution in [0.5, 0.6) is 0 Å². The van der Waals surface area contributed by atoms with Crippen LogP contribution < -0.4 is 5.73 Å². The molecule has 2 aliphatic heterocycles. The van der Waals surface area contributed by atoms with Gasteiger partial charge in [0, 0.05) is 26.1 Å². The molecular formula is C11H20N2O3. The Bertz CT molecular complexity index is 268. The maximum Gasteiger partial charge on any atom is 0.236 e. The van der Waals surface area contributed by atoms with Crippen LogP contribution in [0.2, 0.25) is 0 Å². The molecule has 0 aliphatic carbocycles. The van der Waals surface area contributed by atoms with Crippen molar-refractivity contribution in [3.05, 3.63) is 0 Å². The summed E-state index contributed by atoms with van der Waals surface area (Å²) >= 11 is 0. The fraction of sp³-hybridized carbons (Fsp3) is 0.909.